The van der Waals surface area contributed by atoms with Gasteiger partial charge in [-0.25, -0.2) is 8.78 Å². The van der Waals surface area contributed by atoms with Gasteiger partial charge in [-0.05, 0) is 18.2 Å². The Kier molecular flexibility index (Phi) is 3.52. The van der Waals surface area contributed by atoms with E-state index in [0.717, 1.165) is 30.5 Å². The van der Waals surface area contributed by atoms with E-state index in [0.29, 0.717) is 0 Å². The van der Waals surface area contributed by atoms with Crippen LogP contribution in [-0.4, -0.2) is 11.3 Å². The highest BCUT2D eigenvalue weighted by atomic mass is 19.4. The second-order valence-corrected chi connectivity index (χ2v) is 3.84. The molecular formula is C13H6F5NO. The van der Waals surface area contributed by atoms with Gasteiger partial charge in [-0.15, -0.1) is 0 Å². The number of hydrogen-bond donors (Lipinski definition) is 0. The summed E-state index contributed by atoms with van der Waals surface area (Å²) < 4.78 is 65.7. The van der Waals surface area contributed by atoms with Crippen molar-refractivity contribution in [2.75, 3.05) is 0 Å². The number of hydrogen-bond acceptors (Lipinski definition) is 2. The summed E-state index contributed by atoms with van der Waals surface area (Å²) in [5.41, 5.74) is -3.55. The van der Waals surface area contributed by atoms with E-state index in [1.807, 2.05) is 0 Å². The number of rotatable bonds is 2. The van der Waals surface area contributed by atoms with Crippen molar-refractivity contribution in [2.45, 2.75) is 6.18 Å². The van der Waals surface area contributed by atoms with Gasteiger partial charge in [-0.1, -0.05) is 6.07 Å². The molecule has 0 radical (unpaired) electrons. The highest BCUT2D eigenvalue weighted by Crippen LogP contribution is 2.38. The molecule has 0 bridgehead atoms. The molecule has 2 rings (SSSR count). The van der Waals surface area contributed by atoms with Gasteiger partial charge in [0.15, 0.2) is 17.9 Å². The number of aldehydes is 1. The third-order valence-electron chi connectivity index (χ3n) is 2.60. The summed E-state index contributed by atoms with van der Waals surface area (Å²) in [5, 5.41) is 0. The van der Waals surface area contributed by atoms with Gasteiger partial charge in [0.05, 0.1) is 11.3 Å². The monoisotopic (exact) mass is 287 g/mol. The van der Waals surface area contributed by atoms with E-state index in [1.165, 1.54) is 0 Å². The molecule has 104 valence electrons. The number of benzene rings is 1. The Morgan fingerprint density at radius 3 is 2.40 bits per heavy atom. The minimum Gasteiger partial charge on any atom is -0.298 e. The van der Waals surface area contributed by atoms with E-state index in [1.54, 1.807) is 0 Å². The Morgan fingerprint density at radius 1 is 1.10 bits per heavy atom. The molecule has 0 amide bonds. The lowest BCUT2D eigenvalue weighted by Crippen LogP contribution is -2.13. The maximum Gasteiger partial charge on any atom is 0.419 e. The van der Waals surface area contributed by atoms with Crippen LogP contribution in [0, 0.1) is 11.6 Å². The summed E-state index contributed by atoms with van der Waals surface area (Å²) >= 11 is 0. The molecule has 0 saturated carbocycles. The van der Waals surface area contributed by atoms with E-state index in [4.69, 9.17) is 0 Å². The molecule has 7 heteroatoms. The minimum atomic E-state index is -4.92. The molecule has 0 saturated heterocycles. The van der Waals surface area contributed by atoms with Gasteiger partial charge in [0, 0.05) is 17.3 Å². The Morgan fingerprint density at radius 2 is 1.80 bits per heavy atom. The Hall–Kier alpha value is -2.31. The summed E-state index contributed by atoms with van der Waals surface area (Å²) in [6.07, 6.45) is -4.00. The minimum absolute atomic E-state index is 0.00872. The maximum absolute atomic E-state index is 13.6. The van der Waals surface area contributed by atoms with Gasteiger partial charge in [-0.2, -0.15) is 13.2 Å². The molecule has 2 nitrogen and oxygen atoms in total. The number of nitrogens with zero attached hydrogens (tertiary/aromatic N) is 1. The van der Waals surface area contributed by atoms with Crippen LogP contribution in [0.3, 0.4) is 0 Å². The number of alkyl halides is 3. The molecule has 0 aliphatic heterocycles. The topological polar surface area (TPSA) is 30.0 Å². The Labute approximate surface area is 109 Å². The first-order valence-corrected chi connectivity index (χ1v) is 5.32. The van der Waals surface area contributed by atoms with Crippen LogP contribution in [0.2, 0.25) is 0 Å². The second kappa shape index (κ2) is 4.99. The van der Waals surface area contributed by atoms with Crippen LogP contribution >= 0.6 is 0 Å². The molecule has 0 aliphatic carbocycles. The highest BCUT2D eigenvalue weighted by Gasteiger charge is 2.38. The van der Waals surface area contributed by atoms with E-state index in [9.17, 15) is 26.7 Å². The zero-order chi connectivity index (χ0) is 14.9. The molecule has 0 spiro atoms. The third-order valence-corrected chi connectivity index (χ3v) is 2.60. The molecule has 0 N–H and O–H groups in total. The van der Waals surface area contributed by atoms with E-state index >= 15 is 0 Å². The second-order valence-electron chi connectivity index (χ2n) is 3.84. The maximum atomic E-state index is 13.6. The van der Waals surface area contributed by atoms with Crippen molar-refractivity contribution in [1.29, 1.82) is 0 Å². The van der Waals surface area contributed by atoms with Crippen LogP contribution in [0.5, 0.6) is 0 Å². The van der Waals surface area contributed by atoms with Gasteiger partial charge >= 0.3 is 6.18 Å². The zero-order valence-corrected chi connectivity index (χ0v) is 9.71. The Balaban J connectivity index is 2.81. The fraction of sp³-hybridized carbons (Fsp3) is 0.0769. The molecule has 1 aromatic carbocycles. The third kappa shape index (κ3) is 2.38. The lowest BCUT2D eigenvalue weighted by Gasteiger charge is -2.14. The summed E-state index contributed by atoms with van der Waals surface area (Å²) in [4.78, 5) is 14.2. The zero-order valence-electron chi connectivity index (χ0n) is 9.71. The van der Waals surface area contributed by atoms with Crippen molar-refractivity contribution >= 4 is 6.29 Å². The quantitative estimate of drug-likeness (QED) is 0.620. The fourth-order valence-corrected chi connectivity index (χ4v) is 1.76. The Bertz CT molecular complexity index is 666. The normalized spacial score (nSPS) is 11.4. The van der Waals surface area contributed by atoms with Crippen LogP contribution in [0.1, 0.15) is 15.9 Å². The highest BCUT2D eigenvalue weighted by molar-refractivity contribution is 5.82. The smallest absolute Gasteiger partial charge is 0.298 e. The summed E-state index contributed by atoms with van der Waals surface area (Å²) in [6, 6.07) is 3.65. The van der Waals surface area contributed by atoms with Crippen LogP contribution in [0.25, 0.3) is 11.3 Å². The van der Waals surface area contributed by atoms with Gasteiger partial charge in [0.2, 0.25) is 0 Å². The first-order valence-electron chi connectivity index (χ1n) is 5.32. The van der Waals surface area contributed by atoms with Gasteiger partial charge in [0.25, 0.3) is 0 Å². The average Bonchev–Trinajstić information content (AvgIpc) is 2.40. The summed E-state index contributed by atoms with van der Waals surface area (Å²) in [5.74, 6) is -2.75. The summed E-state index contributed by atoms with van der Waals surface area (Å²) in [7, 11) is 0. The predicted molar refractivity (Wildman–Crippen MR) is 60.0 cm³/mol. The molecule has 0 fully saturated rings. The number of halogens is 5. The molecule has 1 heterocycles. The fourth-order valence-electron chi connectivity index (χ4n) is 1.76. The van der Waals surface area contributed by atoms with Gasteiger partial charge in [-0.3, -0.25) is 9.78 Å². The van der Waals surface area contributed by atoms with Crippen molar-refractivity contribution in [3.63, 3.8) is 0 Å². The predicted octanol–water partition coefficient (Wildman–Crippen LogP) is 3.86. The van der Waals surface area contributed by atoms with Gasteiger partial charge in [0.1, 0.15) is 0 Å². The van der Waals surface area contributed by atoms with Crippen molar-refractivity contribution in [3.05, 3.63) is 53.2 Å². The molecule has 0 atom stereocenters. The number of carbonyl (C=O) groups excluding carboxylic acids is 1. The first kappa shape index (κ1) is 14.1. The van der Waals surface area contributed by atoms with Crippen LogP contribution in [0.15, 0.2) is 30.5 Å². The first-order chi connectivity index (χ1) is 9.36. The number of pyridine rings is 1. The van der Waals surface area contributed by atoms with Crippen molar-refractivity contribution in [2.24, 2.45) is 0 Å². The molecule has 0 unspecified atom stereocenters. The molecule has 2 aromatic rings. The van der Waals surface area contributed by atoms with E-state index in [-0.39, 0.29) is 6.29 Å². The standard InChI is InChI=1S/C13H6F5NO/c14-9-3-1-2-8(11(9)15)12-10(13(16,17)18)7(6-20)4-5-19-12/h1-6H. The summed E-state index contributed by atoms with van der Waals surface area (Å²) in [6.45, 7) is 0. The number of aromatic nitrogens is 1. The lowest BCUT2D eigenvalue weighted by atomic mass is 10.0. The molecular weight excluding hydrogens is 281 g/mol. The van der Waals surface area contributed by atoms with Crippen molar-refractivity contribution < 1.29 is 26.7 Å². The molecule has 20 heavy (non-hydrogen) atoms. The van der Waals surface area contributed by atoms with Crippen molar-refractivity contribution in [3.8, 4) is 11.3 Å². The number of carbonyl (C=O) groups is 1. The molecule has 1 aromatic heterocycles. The van der Waals surface area contributed by atoms with Crippen LogP contribution in [0.4, 0.5) is 22.0 Å². The molecule has 0 aliphatic rings. The SMILES string of the molecule is O=Cc1ccnc(-c2cccc(F)c2F)c1C(F)(F)F. The van der Waals surface area contributed by atoms with Crippen LogP contribution in [-0.2, 0) is 6.18 Å². The largest absolute Gasteiger partial charge is 0.419 e. The lowest BCUT2D eigenvalue weighted by molar-refractivity contribution is -0.137. The van der Waals surface area contributed by atoms with E-state index in [2.05, 4.69) is 4.98 Å². The van der Waals surface area contributed by atoms with Gasteiger partial charge < -0.3 is 0 Å². The average molecular weight is 287 g/mol. The van der Waals surface area contributed by atoms with Crippen molar-refractivity contribution in [1.82, 2.24) is 4.98 Å². The van der Waals surface area contributed by atoms with Crippen LogP contribution < -0.4 is 0 Å². The van der Waals surface area contributed by atoms with E-state index < -0.39 is 40.2 Å².